The van der Waals surface area contributed by atoms with Crippen LogP contribution in [0.4, 0.5) is 0 Å². The number of carboxylic acids is 1. The monoisotopic (exact) mass is 1190 g/mol. The van der Waals surface area contributed by atoms with Gasteiger partial charge in [0.1, 0.15) is 48.3 Å². The summed E-state index contributed by atoms with van der Waals surface area (Å²) in [5.74, 6) is -7.86. The number of likely N-dealkylation sites (tertiary alicyclic amines) is 2. The number of carbonyl (C=O) groups excluding carboxylic acids is 9. The Balaban J connectivity index is 1.17. The van der Waals surface area contributed by atoms with E-state index in [1.165, 1.54) is 18.9 Å². The topological polar surface area (TPSA) is 383 Å². The first kappa shape index (κ1) is 66.9. The van der Waals surface area contributed by atoms with Gasteiger partial charge in [0.2, 0.25) is 53.2 Å². The third-order valence-electron chi connectivity index (χ3n) is 16.7. The molecule has 2 aliphatic heterocycles. The van der Waals surface area contributed by atoms with Crippen LogP contribution in [-0.4, -0.2) is 184 Å². The van der Waals surface area contributed by atoms with E-state index < -0.39 is 127 Å². The van der Waals surface area contributed by atoms with Crippen molar-refractivity contribution in [3.8, 4) is 0 Å². The SMILES string of the molecule is CC[C@H](C)[C@H](NC(=O)[C@H](Cc1ccc2ccccc2c1)NC(=O)[C@H](CO)NC(=O)[C@H](Cc1ccccc1)N(C)C(=O)CNC(=O)[C@@H]1CCCN1C(=O)[C@@H]1C[C@@H]2CCCC[C@@H]2N1C(=O)[C@H](CCCN=C(N)N)NC(=O)[C@@H](CCCN)NC(C)=O)C(=O)O. The molecule has 0 aromatic heterocycles. The lowest BCUT2D eigenvalue weighted by molar-refractivity contribution is -0.150. The van der Waals surface area contributed by atoms with Crippen molar-refractivity contribution < 1.29 is 58.2 Å². The number of aliphatic carboxylic acids is 1. The van der Waals surface area contributed by atoms with Crippen molar-refractivity contribution in [3.05, 3.63) is 83.9 Å². The van der Waals surface area contributed by atoms with Gasteiger partial charge in [0.05, 0.1) is 13.2 Å². The highest BCUT2D eigenvalue weighted by Gasteiger charge is 2.51. The van der Waals surface area contributed by atoms with Gasteiger partial charge in [0.25, 0.3) is 0 Å². The number of nitrogens with zero attached hydrogens (tertiary/aromatic N) is 4. The second kappa shape index (κ2) is 32.4. The van der Waals surface area contributed by atoms with Crippen LogP contribution in [0.15, 0.2) is 77.8 Å². The van der Waals surface area contributed by atoms with E-state index in [9.17, 15) is 53.4 Å². The number of benzene rings is 3. The predicted octanol–water partition coefficient (Wildman–Crippen LogP) is 0.0783. The highest BCUT2D eigenvalue weighted by molar-refractivity contribution is 5.98. The van der Waals surface area contributed by atoms with Gasteiger partial charge in [-0.25, -0.2) is 4.79 Å². The van der Waals surface area contributed by atoms with E-state index in [0.29, 0.717) is 43.2 Å². The van der Waals surface area contributed by atoms with Gasteiger partial charge in [-0.1, -0.05) is 106 Å². The minimum Gasteiger partial charge on any atom is -0.480 e. The number of aliphatic hydroxyl groups excluding tert-OH is 1. The number of guanidine groups is 1. The number of rotatable bonds is 30. The lowest BCUT2D eigenvalue weighted by atomic mass is 9.84. The molecule has 6 rings (SSSR count). The standard InChI is InChI=1S/C61H87N13O12/c1-5-36(2)52(60(85)86)71-54(79)45(31-39-25-26-40-18-9-10-19-41(40)30-39)69-55(80)46(35-75)70-57(82)49(32-38-16-7-6-8-17-38)72(4)51(77)34-66-56(81)48-24-15-29-73(48)59(84)50-33-42-20-11-12-23-47(42)74(50)58(83)44(22-14-28-65-61(63)64)68-53(78)43(21-13-27-62)67-37(3)76/h6-10,16-19,25-26,30,36,42-50,52,75H,5,11-15,20-24,27-29,31-35,62H2,1-4H3,(H,66,81)(H,67,76)(H,68,78)(H,69,80)(H,70,82)(H,71,79)(H,85,86)(H4,63,64,65)/t36-,42-,43+,44-,45-,46-,47-,48-,49-,50-,52-/m0/s1. The fourth-order valence-electron chi connectivity index (χ4n) is 11.8. The highest BCUT2D eigenvalue weighted by atomic mass is 16.4. The van der Waals surface area contributed by atoms with Crippen LogP contribution in [0, 0.1) is 11.8 Å². The first-order valence-electron chi connectivity index (χ1n) is 29.9. The second-order valence-electron chi connectivity index (χ2n) is 22.8. The van der Waals surface area contributed by atoms with Gasteiger partial charge in [0.15, 0.2) is 5.96 Å². The zero-order valence-corrected chi connectivity index (χ0v) is 49.7. The van der Waals surface area contributed by atoms with Crippen molar-refractivity contribution in [2.75, 3.05) is 39.8 Å². The van der Waals surface area contributed by atoms with Crippen molar-refractivity contribution in [3.63, 3.8) is 0 Å². The number of carbonyl (C=O) groups is 10. The van der Waals surface area contributed by atoms with Crippen molar-refractivity contribution in [1.29, 1.82) is 0 Å². The Labute approximate surface area is 501 Å². The summed E-state index contributed by atoms with van der Waals surface area (Å²) in [6.45, 7) is 3.79. The Morgan fingerprint density at radius 3 is 2.05 bits per heavy atom. The van der Waals surface area contributed by atoms with Crippen LogP contribution in [0.5, 0.6) is 0 Å². The highest BCUT2D eigenvalue weighted by Crippen LogP contribution is 2.41. The van der Waals surface area contributed by atoms with Gasteiger partial charge in [0, 0.05) is 45.9 Å². The Morgan fingerprint density at radius 2 is 1.37 bits per heavy atom. The molecule has 86 heavy (non-hydrogen) atoms. The molecule has 3 aliphatic rings. The number of likely N-dealkylation sites (N-methyl/N-ethyl adjacent to an activating group) is 1. The van der Waals surface area contributed by atoms with Gasteiger partial charge in [-0.05, 0) is 98.1 Å². The molecule has 3 fully saturated rings. The van der Waals surface area contributed by atoms with E-state index in [0.717, 1.165) is 34.9 Å². The summed E-state index contributed by atoms with van der Waals surface area (Å²) >= 11 is 0. The van der Waals surface area contributed by atoms with Crippen molar-refractivity contribution >= 4 is 75.9 Å². The van der Waals surface area contributed by atoms with Crippen LogP contribution >= 0.6 is 0 Å². The number of aliphatic imine (C=N–C) groups is 1. The number of hydrogen-bond donors (Lipinski definition) is 11. The molecule has 25 nitrogen and oxygen atoms in total. The molecule has 3 aromatic carbocycles. The molecule has 2 heterocycles. The Kier molecular flexibility index (Phi) is 25.2. The van der Waals surface area contributed by atoms with Crippen LogP contribution in [0.25, 0.3) is 10.8 Å². The third kappa shape index (κ3) is 18.2. The maximum atomic E-state index is 15.0. The van der Waals surface area contributed by atoms with Gasteiger partial charge in [-0.15, -0.1) is 0 Å². The molecule has 1 saturated carbocycles. The van der Waals surface area contributed by atoms with Gasteiger partial charge in [-0.3, -0.25) is 48.1 Å². The molecular formula is C61H87N13O12. The Hall–Kier alpha value is -8.19. The number of amides is 9. The number of fused-ring (bicyclic) bond motifs is 2. The van der Waals surface area contributed by atoms with Gasteiger partial charge < -0.3 is 74.0 Å². The van der Waals surface area contributed by atoms with E-state index in [-0.39, 0.29) is 76.1 Å². The number of aliphatic hydroxyl groups is 1. The zero-order valence-electron chi connectivity index (χ0n) is 49.7. The van der Waals surface area contributed by atoms with E-state index >= 15 is 4.79 Å². The molecular weight excluding hydrogens is 1110 g/mol. The van der Waals surface area contributed by atoms with E-state index in [1.54, 1.807) is 55.1 Å². The number of nitrogens with one attached hydrogen (secondary N) is 6. The fraction of sp³-hybridized carbons (Fsp3) is 0.557. The van der Waals surface area contributed by atoms with Gasteiger partial charge in [-0.2, -0.15) is 0 Å². The fourth-order valence-corrected chi connectivity index (χ4v) is 11.8. The summed E-state index contributed by atoms with van der Waals surface area (Å²) in [7, 11) is 1.35. The number of nitrogens with two attached hydrogens (primary N) is 3. The molecule has 0 bridgehead atoms. The van der Waals surface area contributed by atoms with Gasteiger partial charge >= 0.3 is 5.97 Å². The summed E-state index contributed by atoms with van der Waals surface area (Å²) in [5.41, 5.74) is 18.1. The van der Waals surface area contributed by atoms with Crippen LogP contribution in [-0.2, 0) is 60.8 Å². The molecule has 14 N–H and O–H groups in total. The largest absolute Gasteiger partial charge is 0.480 e. The number of hydrogen-bond acceptors (Lipinski definition) is 13. The first-order valence-corrected chi connectivity index (χ1v) is 29.9. The van der Waals surface area contributed by atoms with E-state index in [4.69, 9.17) is 17.2 Å². The molecule has 25 heteroatoms. The minimum absolute atomic E-state index is 0.0280. The molecule has 3 aromatic rings. The lowest BCUT2D eigenvalue weighted by Gasteiger charge is -2.37. The predicted molar refractivity (Wildman–Crippen MR) is 321 cm³/mol. The average Bonchev–Trinajstić information content (AvgIpc) is 2.54. The molecule has 0 unspecified atom stereocenters. The Morgan fingerprint density at radius 1 is 0.721 bits per heavy atom. The lowest BCUT2D eigenvalue weighted by Crippen LogP contribution is -2.60. The van der Waals surface area contributed by atoms with Crippen molar-refractivity contribution in [2.45, 2.75) is 165 Å². The van der Waals surface area contributed by atoms with Crippen molar-refractivity contribution in [1.82, 2.24) is 46.6 Å². The Bertz CT molecular complexity index is 2910. The maximum absolute atomic E-state index is 15.0. The first-order chi connectivity index (χ1) is 41.1. The summed E-state index contributed by atoms with van der Waals surface area (Å²) in [4.78, 5) is 147. The normalized spacial score (nSPS) is 19.7. The molecule has 0 spiro atoms. The zero-order chi connectivity index (χ0) is 62.6. The van der Waals surface area contributed by atoms with Crippen molar-refractivity contribution in [2.24, 2.45) is 34.0 Å². The molecule has 11 atom stereocenters. The van der Waals surface area contributed by atoms with Crippen LogP contribution < -0.4 is 49.1 Å². The summed E-state index contributed by atoms with van der Waals surface area (Å²) in [6, 6.07) is 11.6. The molecule has 1 aliphatic carbocycles. The molecule has 9 amide bonds. The molecule has 0 radical (unpaired) electrons. The van der Waals surface area contributed by atoms with E-state index in [2.05, 4.69) is 36.9 Å². The summed E-state index contributed by atoms with van der Waals surface area (Å²) in [5, 5.41) is 38.3. The van der Waals surface area contributed by atoms with E-state index in [1.807, 2.05) is 36.4 Å². The smallest absolute Gasteiger partial charge is 0.326 e. The molecule has 2 saturated heterocycles. The average molecular weight is 1190 g/mol. The summed E-state index contributed by atoms with van der Waals surface area (Å²) < 4.78 is 0. The molecule has 468 valence electrons. The van der Waals surface area contributed by atoms with Crippen LogP contribution in [0.1, 0.15) is 109 Å². The maximum Gasteiger partial charge on any atom is 0.326 e. The summed E-state index contributed by atoms with van der Waals surface area (Å²) in [6.07, 6.45) is 5.42. The third-order valence-corrected chi connectivity index (χ3v) is 16.7. The van der Waals surface area contributed by atoms with Crippen LogP contribution in [0.3, 0.4) is 0 Å². The number of carboxylic acid groups (broad SMARTS) is 1. The van der Waals surface area contributed by atoms with Crippen LogP contribution in [0.2, 0.25) is 0 Å². The minimum atomic E-state index is -1.66. The second-order valence-corrected chi connectivity index (χ2v) is 22.8. The quantitative estimate of drug-likeness (QED) is 0.0239.